The fourth-order valence-corrected chi connectivity index (χ4v) is 2.00. The Kier molecular flexibility index (Phi) is 5.19. The molecule has 2 rings (SSSR count). The molecule has 4 heteroatoms. The van der Waals surface area contributed by atoms with Crippen molar-refractivity contribution < 1.29 is 0 Å². The zero-order valence-electron chi connectivity index (χ0n) is 11.0. The van der Waals surface area contributed by atoms with Crippen molar-refractivity contribution in [2.45, 2.75) is 6.54 Å². The molecule has 1 N–H and O–H groups in total. The van der Waals surface area contributed by atoms with Crippen LogP contribution in [0.25, 0.3) is 0 Å². The van der Waals surface area contributed by atoms with Crippen molar-refractivity contribution in [3.63, 3.8) is 0 Å². The van der Waals surface area contributed by atoms with E-state index < -0.39 is 0 Å². The van der Waals surface area contributed by atoms with Gasteiger partial charge in [-0.15, -0.1) is 0 Å². The summed E-state index contributed by atoms with van der Waals surface area (Å²) in [5, 5.41) is 3.94. The molecule has 0 bridgehead atoms. The van der Waals surface area contributed by atoms with E-state index >= 15 is 0 Å². The van der Waals surface area contributed by atoms with Crippen molar-refractivity contribution in [2.75, 3.05) is 25.0 Å². The first kappa shape index (κ1) is 13.8. The van der Waals surface area contributed by atoms with Crippen molar-refractivity contribution in [1.82, 2.24) is 10.3 Å². The number of hydrogen-bond acceptors (Lipinski definition) is 3. The van der Waals surface area contributed by atoms with Crippen LogP contribution in [0.5, 0.6) is 0 Å². The van der Waals surface area contributed by atoms with Crippen LogP contribution in [-0.4, -0.2) is 25.1 Å². The molecule has 0 saturated heterocycles. The third-order valence-corrected chi connectivity index (χ3v) is 3.14. The lowest BCUT2D eigenvalue weighted by Gasteiger charge is -2.23. The van der Waals surface area contributed by atoms with Crippen molar-refractivity contribution in [3.05, 3.63) is 59.2 Å². The summed E-state index contributed by atoms with van der Waals surface area (Å²) in [5.41, 5.74) is 1.23. The van der Waals surface area contributed by atoms with Gasteiger partial charge in [-0.05, 0) is 36.9 Å². The lowest BCUT2D eigenvalue weighted by atomic mass is 10.2. The molecule has 19 heavy (non-hydrogen) atoms. The van der Waals surface area contributed by atoms with Gasteiger partial charge in [0.25, 0.3) is 0 Å². The molecule has 0 atom stereocenters. The van der Waals surface area contributed by atoms with Gasteiger partial charge in [-0.2, -0.15) is 0 Å². The smallest absolute Gasteiger partial charge is 0.128 e. The van der Waals surface area contributed by atoms with E-state index in [0.717, 1.165) is 30.5 Å². The van der Waals surface area contributed by atoms with Crippen LogP contribution in [0.3, 0.4) is 0 Å². The molecule has 0 spiro atoms. The molecule has 0 saturated carbocycles. The molecule has 100 valence electrons. The summed E-state index contributed by atoms with van der Waals surface area (Å²) in [5.74, 6) is 0.993. The predicted molar refractivity (Wildman–Crippen MR) is 80.7 cm³/mol. The van der Waals surface area contributed by atoms with E-state index in [1.807, 2.05) is 43.6 Å². The molecular formula is C15H18ClN3. The average molecular weight is 276 g/mol. The highest BCUT2D eigenvalue weighted by Crippen LogP contribution is 2.15. The Hall–Kier alpha value is -1.58. The lowest BCUT2D eigenvalue weighted by molar-refractivity contribution is 0.714. The summed E-state index contributed by atoms with van der Waals surface area (Å²) in [6, 6.07) is 13.9. The number of anilines is 1. The van der Waals surface area contributed by atoms with Crippen LogP contribution in [0.15, 0.2) is 48.7 Å². The maximum atomic E-state index is 5.91. The van der Waals surface area contributed by atoms with E-state index in [1.165, 1.54) is 5.56 Å². The number of benzene rings is 1. The molecule has 0 amide bonds. The standard InChI is InChI=1S/C15H18ClN3/c1-17-10-11-19(15-4-2-3-9-18-15)12-13-5-7-14(16)8-6-13/h2-9,17H,10-12H2,1H3. The molecule has 1 aromatic heterocycles. The second-order valence-electron chi connectivity index (χ2n) is 4.34. The highest BCUT2D eigenvalue weighted by Gasteiger charge is 2.07. The number of aromatic nitrogens is 1. The van der Waals surface area contributed by atoms with Gasteiger partial charge in [0.2, 0.25) is 0 Å². The van der Waals surface area contributed by atoms with Gasteiger partial charge in [0.1, 0.15) is 5.82 Å². The largest absolute Gasteiger partial charge is 0.351 e. The molecule has 3 nitrogen and oxygen atoms in total. The Bertz CT molecular complexity index is 485. The Balaban J connectivity index is 2.11. The third-order valence-electron chi connectivity index (χ3n) is 2.89. The first-order valence-corrected chi connectivity index (χ1v) is 6.72. The van der Waals surface area contributed by atoms with Gasteiger partial charge in [0.05, 0.1) is 0 Å². The highest BCUT2D eigenvalue weighted by molar-refractivity contribution is 6.30. The van der Waals surface area contributed by atoms with Crippen LogP contribution in [0.4, 0.5) is 5.82 Å². The maximum absolute atomic E-state index is 5.91. The quantitative estimate of drug-likeness (QED) is 0.879. The molecular weight excluding hydrogens is 258 g/mol. The van der Waals surface area contributed by atoms with Gasteiger partial charge >= 0.3 is 0 Å². The number of nitrogens with one attached hydrogen (secondary N) is 1. The number of rotatable bonds is 6. The zero-order chi connectivity index (χ0) is 13.5. The fourth-order valence-electron chi connectivity index (χ4n) is 1.87. The van der Waals surface area contributed by atoms with Gasteiger partial charge in [0, 0.05) is 30.9 Å². The predicted octanol–water partition coefficient (Wildman–Crippen LogP) is 2.96. The van der Waals surface area contributed by atoms with Crippen molar-refractivity contribution in [1.29, 1.82) is 0 Å². The van der Waals surface area contributed by atoms with E-state index in [-0.39, 0.29) is 0 Å². The highest BCUT2D eigenvalue weighted by atomic mass is 35.5. The van der Waals surface area contributed by atoms with Gasteiger partial charge in [0.15, 0.2) is 0 Å². The number of halogens is 1. The van der Waals surface area contributed by atoms with E-state index in [4.69, 9.17) is 11.6 Å². The number of hydrogen-bond donors (Lipinski definition) is 1. The number of likely N-dealkylation sites (N-methyl/N-ethyl adjacent to an activating group) is 1. The molecule has 0 unspecified atom stereocenters. The lowest BCUT2D eigenvalue weighted by Crippen LogP contribution is -2.30. The Morgan fingerprint density at radius 3 is 2.58 bits per heavy atom. The molecule has 1 heterocycles. The summed E-state index contributed by atoms with van der Waals surface area (Å²) < 4.78 is 0. The Morgan fingerprint density at radius 1 is 1.16 bits per heavy atom. The summed E-state index contributed by atoms with van der Waals surface area (Å²) in [7, 11) is 1.96. The first-order valence-electron chi connectivity index (χ1n) is 6.34. The van der Waals surface area contributed by atoms with Crippen molar-refractivity contribution in [3.8, 4) is 0 Å². The molecule has 2 aromatic rings. The minimum atomic E-state index is 0.767. The van der Waals surface area contributed by atoms with E-state index in [1.54, 1.807) is 0 Å². The molecule has 0 fully saturated rings. The van der Waals surface area contributed by atoms with E-state index in [0.29, 0.717) is 0 Å². The van der Waals surface area contributed by atoms with Crippen LogP contribution in [0.1, 0.15) is 5.56 Å². The van der Waals surface area contributed by atoms with Crippen molar-refractivity contribution >= 4 is 17.4 Å². The summed E-state index contributed by atoms with van der Waals surface area (Å²) in [4.78, 5) is 6.67. The topological polar surface area (TPSA) is 28.2 Å². The van der Waals surface area contributed by atoms with Crippen LogP contribution >= 0.6 is 11.6 Å². The Morgan fingerprint density at radius 2 is 1.95 bits per heavy atom. The monoisotopic (exact) mass is 275 g/mol. The Labute approximate surface area is 119 Å². The van der Waals surface area contributed by atoms with E-state index in [9.17, 15) is 0 Å². The summed E-state index contributed by atoms with van der Waals surface area (Å²) in [6.45, 7) is 2.66. The summed E-state index contributed by atoms with van der Waals surface area (Å²) in [6.07, 6.45) is 1.82. The average Bonchev–Trinajstić information content (AvgIpc) is 2.46. The second kappa shape index (κ2) is 7.12. The van der Waals surface area contributed by atoms with Crippen LogP contribution in [0.2, 0.25) is 5.02 Å². The summed E-state index contributed by atoms with van der Waals surface area (Å²) >= 11 is 5.91. The van der Waals surface area contributed by atoms with Gasteiger partial charge < -0.3 is 10.2 Å². The van der Waals surface area contributed by atoms with Crippen LogP contribution in [-0.2, 0) is 6.54 Å². The third kappa shape index (κ3) is 4.23. The minimum absolute atomic E-state index is 0.767. The molecule has 1 aromatic carbocycles. The number of nitrogens with zero attached hydrogens (tertiary/aromatic N) is 2. The normalized spacial score (nSPS) is 10.4. The number of pyridine rings is 1. The second-order valence-corrected chi connectivity index (χ2v) is 4.78. The molecule has 0 aliphatic heterocycles. The first-order chi connectivity index (χ1) is 9.29. The molecule has 0 radical (unpaired) electrons. The van der Waals surface area contributed by atoms with E-state index in [2.05, 4.69) is 27.3 Å². The fraction of sp³-hybridized carbons (Fsp3) is 0.267. The van der Waals surface area contributed by atoms with Crippen LogP contribution < -0.4 is 10.2 Å². The van der Waals surface area contributed by atoms with Crippen molar-refractivity contribution in [2.24, 2.45) is 0 Å². The SMILES string of the molecule is CNCCN(Cc1ccc(Cl)cc1)c1ccccn1. The van der Waals surface area contributed by atoms with Gasteiger partial charge in [-0.3, -0.25) is 0 Å². The maximum Gasteiger partial charge on any atom is 0.128 e. The zero-order valence-corrected chi connectivity index (χ0v) is 11.8. The molecule has 0 aliphatic rings. The van der Waals surface area contributed by atoms with Gasteiger partial charge in [-0.1, -0.05) is 29.8 Å². The van der Waals surface area contributed by atoms with Crippen LogP contribution in [0, 0.1) is 0 Å². The molecule has 0 aliphatic carbocycles. The minimum Gasteiger partial charge on any atom is -0.351 e. The van der Waals surface area contributed by atoms with Gasteiger partial charge in [-0.25, -0.2) is 4.98 Å².